The molecule has 1 saturated carbocycles. The van der Waals surface area contributed by atoms with Gasteiger partial charge in [-0.05, 0) is 33.1 Å². The number of fused-ring (bicyclic) bond motifs is 1. The van der Waals surface area contributed by atoms with Gasteiger partial charge in [0.25, 0.3) is 0 Å². The monoisotopic (exact) mass is 271 g/mol. The number of ether oxygens (including phenoxy) is 2. The first kappa shape index (κ1) is 14.6. The number of carbonyl (C=O) groups is 1. The van der Waals surface area contributed by atoms with Gasteiger partial charge in [-0.1, -0.05) is 0 Å². The number of hydrogen-bond acceptors (Lipinski definition) is 4. The first-order valence-corrected chi connectivity index (χ1v) is 6.97. The molecule has 0 radical (unpaired) electrons. The minimum Gasteiger partial charge on any atom is -0.444 e. The molecule has 4 atom stereocenters. The summed E-state index contributed by atoms with van der Waals surface area (Å²) in [5.74, 6) is 0.963. The van der Waals surface area contributed by atoms with E-state index in [0.29, 0.717) is 18.4 Å². The Hall–Kier alpha value is -0.810. The first-order valence-electron chi connectivity index (χ1n) is 6.97. The molecule has 1 amide bonds. The van der Waals surface area contributed by atoms with Crippen molar-refractivity contribution in [2.24, 2.45) is 17.8 Å². The summed E-state index contributed by atoms with van der Waals surface area (Å²) in [4.78, 5) is 13.8. The third-order valence-electron chi connectivity index (χ3n) is 4.14. The van der Waals surface area contributed by atoms with Gasteiger partial charge in [-0.15, -0.1) is 0 Å². The van der Waals surface area contributed by atoms with Crippen LogP contribution in [0.4, 0.5) is 4.79 Å². The van der Waals surface area contributed by atoms with E-state index in [0.717, 1.165) is 13.0 Å². The van der Waals surface area contributed by atoms with Gasteiger partial charge in [-0.2, -0.15) is 0 Å². The van der Waals surface area contributed by atoms with E-state index < -0.39 is 5.60 Å². The Morgan fingerprint density at radius 1 is 1.37 bits per heavy atom. The molecule has 19 heavy (non-hydrogen) atoms. The van der Waals surface area contributed by atoms with Gasteiger partial charge in [-0.3, -0.25) is 0 Å². The molecule has 1 saturated heterocycles. The van der Waals surface area contributed by atoms with Crippen molar-refractivity contribution in [3.8, 4) is 0 Å². The quantitative estimate of drug-likeness (QED) is 0.827. The van der Waals surface area contributed by atoms with Crippen molar-refractivity contribution in [3.63, 3.8) is 0 Å². The highest BCUT2D eigenvalue weighted by atomic mass is 16.6. The average molecular weight is 271 g/mol. The van der Waals surface area contributed by atoms with Crippen LogP contribution >= 0.6 is 0 Å². The zero-order valence-corrected chi connectivity index (χ0v) is 12.3. The molecule has 5 heteroatoms. The second-order valence-corrected chi connectivity index (χ2v) is 6.69. The highest BCUT2D eigenvalue weighted by Gasteiger charge is 2.49. The predicted molar refractivity (Wildman–Crippen MR) is 70.8 cm³/mol. The topological polar surface area (TPSA) is 59.0 Å². The van der Waals surface area contributed by atoms with Crippen LogP contribution in [0, 0.1) is 17.8 Å². The highest BCUT2D eigenvalue weighted by molar-refractivity contribution is 5.68. The molecule has 0 unspecified atom stereocenters. The van der Waals surface area contributed by atoms with Gasteiger partial charge in [0, 0.05) is 38.6 Å². The first-order chi connectivity index (χ1) is 8.85. The van der Waals surface area contributed by atoms with E-state index in [-0.39, 0.29) is 24.7 Å². The summed E-state index contributed by atoms with van der Waals surface area (Å²) in [6.45, 7) is 7.19. The van der Waals surface area contributed by atoms with E-state index in [9.17, 15) is 9.90 Å². The molecule has 1 aliphatic carbocycles. The van der Waals surface area contributed by atoms with E-state index in [1.807, 2.05) is 20.8 Å². The molecule has 2 fully saturated rings. The van der Waals surface area contributed by atoms with Crippen LogP contribution in [-0.2, 0) is 9.47 Å². The Morgan fingerprint density at radius 2 is 2.05 bits per heavy atom. The van der Waals surface area contributed by atoms with Crippen LogP contribution in [0.3, 0.4) is 0 Å². The van der Waals surface area contributed by atoms with E-state index in [1.165, 1.54) is 0 Å². The lowest BCUT2D eigenvalue weighted by molar-refractivity contribution is 0.00725. The second kappa shape index (κ2) is 5.29. The van der Waals surface area contributed by atoms with Crippen LogP contribution in [0.25, 0.3) is 0 Å². The fraction of sp³-hybridized carbons (Fsp3) is 0.929. The van der Waals surface area contributed by atoms with Gasteiger partial charge in [-0.25, -0.2) is 4.79 Å². The van der Waals surface area contributed by atoms with Gasteiger partial charge in [0.15, 0.2) is 0 Å². The smallest absolute Gasteiger partial charge is 0.410 e. The maximum Gasteiger partial charge on any atom is 0.410 e. The van der Waals surface area contributed by atoms with Crippen LogP contribution in [0.2, 0.25) is 0 Å². The molecular weight excluding hydrogens is 246 g/mol. The molecule has 0 bridgehead atoms. The van der Waals surface area contributed by atoms with Crippen molar-refractivity contribution in [2.75, 3.05) is 26.8 Å². The summed E-state index contributed by atoms with van der Waals surface area (Å²) in [5, 5.41) is 9.37. The largest absolute Gasteiger partial charge is 0.444 e. The summed E-state index contributed by atoms with van der Waals surface area (Å²) >= 11 is 0. The molecular formula is C14H25NO4. The molecule has 2 rings (SSSR count). The fourth-order valence-electron chi connectivity index (χ4n) is 3.41. The Bertz CT molecular complexity index is 339. The number of nitrogens with zero attached hydrogens (tertiary/aromatic N) is 1. The lowest BCUT2D eigenvalue weighted by Gasteiger charge is -2.26. The third-order valence-corrected chi connectivity index (χ3v) is 4.14. The number of likely N-dealkylation sites (tertiary alicyclic amines) is 1. The van der Waals surface area contributed by atoms with Crippen LogP contribution < -0.4 is 0 Å². The normalized spacial score (nSPS) is 34.5. The maximum atomic E-state index is 12.1. The molecule has 0 aromatic carbocycles. The molecule has 0 spiro atoms. The molecule has 2 aliphatic rings. The van der Waals surface area contributed by atoms with Crippen molar-refractivity contribution < 1.29 is 19.4 Å². The summed E-state index contributed by atoms with van der Waals surface area (Å²) in [6.07, 6.45) is 0.749. The molecule has 1 N–H and O–H groups in total. The van der Waals surface area contributed by atoms with Crippen LogP contribution in [-0.4, -0.2) is 54.6 Å². The number of aliphatic hydroxyl groups excluding tert-OH is 1. The fourth-order valence-corrected chi connectivity index (χ4v) is 3.41. The number of hydrogen-bond donors (Lipinski definition) is 1. The zero-order valence-electron chi connectivity index (χ0n) is 12.3. The Balaban J connectivity index is 1.96. The number of rotatable bonds is 2. The summed E-state index contributed by atoms with van der Waals surface area (Å²) in [5.41, 5.74) is -0.455. The van der Waals surface area contributed by atoms with Crippen molar-refractivity contribution in [2.45, 2.75) is 38.9 Å². The average Bonchev–Trinajstić information content (AvgIpc) is 2.82. The van der Waals surface area contributed by atoms with Crippen molar-refractivity contribution in [3.05, 3.63) is 0 Å². The summed E-state index contributed by atoms with van der Waals surface area (Å²) in [7, 11) is 1.69. The molecule has 0 aromatic heterocycles. The van der Waals surface area contributed by atoms with Crippen LogP contribution in [0.1, 0.15) is 27.2 Å². The molecule has 1 heterocycles. The zero-order chi connectivity index (χ0) is 14.2. The van der Waals surface area contributed by atoms with Gasteiger partial charge in [0.2, 0.25) is 0 Å². The minimum absolute atomic E-state index is 0.0578. The van der Waals surface area contributed by atoms with E-state index in [1.54, 1.807) is 12.0 Å². The Morgan fingerprint density at radius 3 is 2.58 bits per heavy atom. The lowest BCUT2D eigenvalue weighted by atomic mass is 9.99. The van der Waals surface area contributed by atoms with Crippen LogP contribution in [0.5, 0.6) is 0 Å². The van der Waals surface area contributed by atoms with E-state index >= 15 is 0 Å². The van der Waals surface area contributed by atoms with Gasteiger partial charge < -0.3 is 19.5 Å². The van der Waals surface area contributed by atoms with Gasteiger partial charge >= 0.3 is 6.09 Å². The molecule has 5 nitrogen and oxygen atoms in total. The number of carbonyl (C=O) groups excluding carboxylic acids is 1. The van der Waals surface area contributed by atoms with Crippen molar-refractivity contribution in [1.82, 2.24) is 4.90 Å². The van der Waals surface area contributed by atoms with E-state index in [4.69, 9.17) is 9.47 Å². The number of methoxy groups -OCH3 is 1. The van der Waals surface area contributed by atoms with E-state index in [2.05, 4.69) is 0 Å². The number of amides is 1. The van der Waals surface area contributed by atoms with Crippen molar-refractivity contribution in [1.29, 1.82) is 0 Å². The predicted octanol–water partition coefficient (Wildman–Crippen LogP) is 1.50. The molecule has 1 aliphatic heterocycles. The number of aliphatic hydroxyl groups is 1. The Labute approximate surface area is 114 Å². The Kier molecular flexibility index (Phi) is 4.06. The third kappa shape index (κ3) is 3.03. The minimum atomic E-state index is -0.455. The maximum absolute atomic E-state index is 12.1. The van der Waals surface area contributed by atoms with Gasteiger partial charge in [0.05, 0.1) is 6.10 Å². The summed E-state index contributed by atoms with van der Waals surface area (Å²) in [6, 6.07) is 0. The van der Waals surface area contributed by atoms with Crippen LogP contribution in [0.15, 0.2) is 0 Å². The van der Waals surface area contributed by atoms with Gasteiger partial charge in [0.1, 0.15) is 5.60 Å². The standard InChI is InChI=1S/C14H25NO4/c1-14(2,3)19-13(17)15-6-9-5-10(8-16)12(18-4)11(9)7-15/h9-12,16H,5-8H2,1-4H3/t9-,10+,11+,12-/m1/s1. The lowest BCUT2D eigenvalue weighted by Crippen LogP contribution is -2.38. The molecule has 110 valence electrons. The van der Waals surface area contributed by atoms with Crippen molar-refractivity contribution >= 4 is 6.09 Å². The highest BCUT2D eigenvalue weighted by Crippen LogP contribution is 2.43. The molecule has 0 aromatic rings. The second-order valence-electron chi connectivity index (χ2n) is 6.69. The summed E-state index contributed by atoms with van der Waals surface area (Å²) < 4.78 is 10.9. The SMILES string of the molecule is CO[C@@H]1[C@H](CO)C[C@@H]2CN(C(=O)OC(C)(C)C)C[C@@H]21.